The number of nitrogens with zero attached hydrogens (tertiary/aromatic N) is 3. The summed E-state index contributed by atoms with van der Waals surface area (Å²) in [5.74, 6) is -8.58. The number of carbonyl (C=O) groups excluding carboxylic acids is 3. The number of carboxylic acids is 1. The van der Waals surface area contributed by atoms with Gasteiger partial charge in [-0.15, -0.1) is 0 Å². The number of carbonyl (C=O) groups is 4. The van der Waals surface area contributed by atoms with Crippen molar-refractivity contribution in [1.29, 1.82) is 5.26 Å². The molecule has 0 spiro atoms. The molecule has 0 saturated heterocycles. The van der Waals surface area contributed by atoms with Gasteiger partial charge < -0.3 is 10.4 Å². The van der Waals surface area contributed by atoms with Crippen molar-refractivity contribution in [2.45, 2.75) is 25.8 Å². The molecule has 0 aromatic heterocycles. The quantitative estimate of drug-likeness (QED) is 0.337. The third kappa shape index (κ3) is 4.69. The molecule has 1 aliphatic carbocycles. The van der Waals surface area contributed by atoms with E-state index >= 15 is 0 Å². The van der Waals surface area contributed by atoms with E-state index in [1.54, 1.807) is 6.07 Å². The first-order valence-corrected chi connectivity index (χ1v) is 8.90. The van der Waals surface area contributed by atoms with E-state index < -0.39 is 74.9 Å². The number of Topliss-reactive ketones (excluding diaryl/α,β-unsaturated/α-hetero) is 2. The molecule has 1 amide bonds. The van der Waals surface area contributed by atoms with Crippen LogP contribution in [0, 0.1) is 49.3 Å². The number of anilines is 1. The van der Waals surface area contributed by atoms with E-state index in [0.29, 0.717) is 0 Å². The topological polar surface area (TPSA) is 211 Å². The predicted octanol–water partition coefficient (Wildman–Crippen LogP) is 0.935. The van der Waals surface area contributed by atoms with Gasteiger partial charge >= 0.3 is 5.97 Å². The number of hydrogen-bond acceptors (Lipinski definition) is 9. The first-order valence-electron chi connectivity index (χ1n) is 8.90. The summed E-state index contributed by atoms with van der Waals surface area (Å²) in [4.78, 5) is 69.2. The van der Waals surface area contributed by atoms with Gasteiger partial charge in [-0.25, -0.2) is 0 Å². The molecule has 162 valence electrons. The maximum atomic E-state index is 12.7. The summed E-state index contributed by atoms with van der Waals surface area (Å²) in [6, 6.07) is 2.65. The Hall–Kier alpha value is -4.21. The van der Waals surface area contributed by atoms with Crippen molar-refractivity contribution in [3.8, 4) is 6.07 Å². The molecule has 0 bridgehead atoms. The lowest BCUT2D eigenvalue weighted by molar-refractivity contribution is -0.518. The molecule has 1 fully saturated rings. The van der Waals surface area contributed by atoms with Gasteiger partial charge in [0.2, 0.25) is 0 Å². The third-order valence-electron chi connectivity index (χ3n) is 5.14. The molecule has 31 heavy (non-hydrogen) atoms. The molecule has 13 heteroatoms. The average Bonchev–Trinajstić information content (AvgIpc) is 2.94. The second-order valence-corrected chi connectivity index (χ2v) is 7.05. The van der Waals surface area contributed by atoms with Crippen molar-refractivity contribution in [1.82, 2.24) is 0 Å². The van der Waals surface area contributed by atoms with Crippen LogP contribution in [0.4, 0.5) is 11.4 Å². The summed E-state index contributed by atoms with van der Waals surface area (Å²) in [6.45, 7) is 1.43. The highest BCUT2D eigenvalue weighted by atomic mass is 16.6. The van der Waals surface area contributed by atoms with Gasteiger partial charge in [0.1, 0.15) is 17.5 Å². The van der Waals surface area contributed by atoms with Crippen molar-refractivity contribution < 1.29 is 34.1 Å². The Labute approximate surface area is 173 Å². The number of nitriles is 1. The Bertz CT molecular complexity index is 1030. The maximum Gasteiger partial charge on any atom is 0.304 e. The van der Waals surface area contributed by atoms with E-state index in [0.717, 1.165) is 12.1 Å². The van der Waals surface area contributed by atoms with Gasteiger partial charge in [0.15, 0.2) is 0 Å². The van der Waals surface area contributed by atoms with Crippen molar-refractivity contribution in [3.63, 3.8) is 0 Å². The minimum absolute atomic E-state index is 0.190. The lowest BCUT2D eigenvalue weighted by Gasteiger charge is -2.22. The van der Waals surface area contributed by atoms with E-state index in [9.17, 15) is 39.4 Å². The van der Waals surface area contributed by atoms with Crippen LogP contribution in [0.25, 0.3) is 0 Å². The second kappa shape index (κ2) is 9.08. The molecule has 13 nitrogen and oxygen atoms in total. The Morgan fingerprint density at radius 3 is 2.48 bits per heavy atom. The Kier molecular flexibility index (Phi) is 6.75. The van der Waals surface area contributed by atoms with E-state index in [1.807, 2.05) is 5.32 Å². The molecular weight excluding hydrogens is 416 g/mol. The Morgan fingerprint density at radius 2 is 1.97 bits per heavy atom. The maximum absolute atomic E-state index is 12.7. The smallest absolute Gasteiger partial charge is 0.304 e. The first-order chi connectivity index (χ1) is 14.5. The summed E-state index contributed by atoms with van der Waals surface area (Å²) in [5, 5.41) is 42.9. The number of nitrogens with one attached hydrogen (secondary N) is 1. The summed E-state index contributed by atoms with van der Waals surface area (Å²) < 4.78 is 0. The minimum atomic E-state index is -2.24. The normalized spacial score (nSPS) is 21.0. The van der Waals surface area contributed by atoms with Crippen LogP contribution >= 0.6 is 0 Å². The Balaban J connectivity index is 2.41. The van der Waals surface area contributed by atoms with Crippen molar-refractivity contribution in [3.05, 3.63) is 44.0 Å². The number of para-hydroxylation sites is 1. The summed E-state index contributed by atoms with van der Waals surface area (Å²) in [7, 11) is 0. The highest BCUT2D eigenvalue weighted by molar-refractivity contribution is 6.42. The zero-order valence-corrected chi connectivity index (χ0v) is 16.0. The second-order valence-electron chi connectivity index (χ2n) is 7.05. The minimum Gasteiger partial charge on any atom is -0.481 e. The number of rotatable bonds is 8. The van der Waals surface area contributed by atoms with Gasteiger partial charge in [-0.05, 0) is 12.0 Å². The van der Waals surface area contributed by atoms with Crippen LogP contribution in [0.15, 0.2) is 18.2 Å². The average molecular weight is 432 g/mol. The summed E-state index contributed by atoms with van der Waals surface area (Å²) in [6.07, 6.45) is -0.930. The van der Waals surface area contributed by atoms with Gasteiger partial charge in [-0.1, -0.05) is 13.0 Å². The molecule has 2 N–H and O–H groups in total. The molecule has 1 saturated carbocycles. The van der Waals surface area contributed by atoms with E-state index in [2.05, 4.69) is 0 Å². The van der Waals surface area contributed by atoms with Crippen molar-refractivity contribution >= 4 is 34.8 Å². The van der Waals surface area contributed by atoms with E-state index in [-0.39, 0.29) is 12.0 Å². The van der Waals surface area contributed by atoms with E-state index in [4.69, 9.17) is 10.4 Å². The number of hydrogen-bond donors (Lipinski definition) is 2. The number of amides is 1. The van der Waals surface area contributed by atoms with E-state index in [1.165, 1.54) is 13.0 Å². The van der Waals surface area contributed by atoms with Crippen molar-refractivity contribution in [2.24, 2.45) is 17.8 Å². The number of nitro groups is 2. The lowest BCUT2D eigenvalue weighted by atomic mass is 9.80. The largest absolute Gasteiger partial charge is 0.481 e. The molecule has 2 rings (SSSR count). The van der Waals surface area contributed by atoms with Crippen LogP contribution in [0.5, 0.6) is 0 Å². The third-order valence-corrected chi connectivity index (χ3v) is 5.14. The molecule has 0 unspecified atom stereocenters. The lowest BCUT2D eigenvalue weighted by Crippen LogP contribution is -2.47. The molecule has 1 aromatic rings. The van der Waals surface area contributed by atoms with Gasteiger partial charge in [0.25, 0.3) is 23.4 Å². The molecular formula is C18H16N4O9. The van der Waals surface area contributed by atoms with Crippen LogP contribution in [0.2, 0.25) is 0 Å². The fourth-order valence-electron chi connectivity index (χ4n) is 3.82. The summed E-state index contributed by atoms with van der Waals surface area (Å²) >= 11 is 0. The van der Waals surface area contributed by atoms with Crippen LogP contribution in [-0.2, 0) is 19.2 Å². The zero-order chi connectivity index (χ0) is 23.5. The predicted molar refractivity (Wildman–Crippen MR) is 100 cm³/mol. The number of nitro benzene ring substituents is 1. The van der Waals surface area contributed by atoms with Crippen molar-refractivity contribution in [2.75, 3.05) is 5.32 Å². The fraction of sp³-hybridized carbons (Fsp3) is 0.389. The fourth-order valence-corrected chi connectivity index (χ4v) is 3.82. The van der Waals surface area contributed by atoms with Crippen LogP contribution in [0.3, 0.4) is 0 Å². The standard InChI is InChI=1S/C18H16N4O9/c1-8-5-12(23)10(6-13(24)25)14(8)16(22(30)31)17(26)18(27)20-15-9(7-19)3-2-4-11(15)21(28)29/h2-4,8,10,14,16H,5-6H2,1H3,(H,20,27)(H,24,25)/t8-,10+,14-,16-/m1/s1. The molecule has 1 aromatic carbocycles. The summed E-state index contributed by atoms with van der Waals surface area (Å²) in [5.41, 5.74) is -1.65. The molecule has 0 heterocycles. The van der Waals surface area contributed by atoms with Crippen LogP contribution in [0.1, 0.15) is 25.3 Å². The molecule has 1 aliphatic rings. The number of ketones is 2. The van der Waals surface area contributed by atoms with Crippen LogP contribution in [-0.4, -0.2) is 44.4 Å². The van der Waals surface area contributed by atoms with Crippen LogP contribution < -0.4 is 5.32 Å². The number of benzene rings is 1. The molecule has 0 radical (unpaired) electrons. The highest BCUT2D eigenvalue weighted by Crippen LogP contribution is 2.40. The molecule has 0 aliphatic heterocycles. The SMILES string of the molecule is C[C@@H]1CC(=O)[C@H](CC(=O)O)[C@@H]1[C@H](C(=O)C(=O)Nc1c(C#N)cccc1[N+](=O)[O-])[N+](=O)[O-]. The molecule has 4 atom stereocenters. The number of aliphatic carboxylic acids is 1. The van der Waals surface area contributed by atoms with Gasteiger partial charge in [-0.2, -0.15) is 5.26 Å². The van der Waals surface area contributed by atoms with Gasteiger partial charge in [0, 0.05) is 29.2 Å². The van der Waals surface area contributed by atoms with Gasteiger partial charge in [-0.3, -0.25) is 39.4 Å². The number of carboxylic acid groups (broad SMARTS) is 1. The Morgan fingerprint density at radius 1 is 1.32 bits per heavy atom. The first kappa shape index (κ1) is 23.1. The highest BCUT2D eigenvalue weighted by Gasteiger charge is 2.54. The van der Waals surface area contributed by atoms with Gasteiger partial charge in [0.05, 0.1) is 16.9 Å². The monoisotopic (exact) mass is 432 g/mol. The zero-order valence-electron chi connectivity index (χ0n) is 16.0.